The van der Waals surface area contributed by atoms with Crippen LogP contribution in [0.2, 0.25) is 0 Å². The molecule has 5 saturated heterocycles. The lowest BCUT2D eigenvalue weighted by molar-refractivity contribution is 0.118. The fourth-order valence-electron chi connectivity index (χ4n) is 9.02. The minimum Gasteiger partial charge on any atom is -0.329 e. The summed E-state index contributed by atoms with van der Waals surface area (Å²) in [6.07, 6.45) is 1.07. The highest BCUT2D eigenvalue weighted by Gasteiger charge is 2.22. The Bertz CT molecular complexity index is 1050. The molecule has 5 heterocycles. The van der Waals surface area contributed by atoms with E-state index in [1.807, 2.05) is 21.1 Å². The molecule has 17 N–H and O–H groups in total. The number of nitrogens with zero attached hydrogens (tertiary/aromatic N) is 10. The number of hydrogen-bond acceptors (Lipinski definition) is 20. The van der Waals surface area contributed by atoms with Crippen LogP contribution in [0.15, 0.2) is 0 Å². The molecule has 0 spiro atoms. The van der Waals surface area contributed by atoms with Crippen molar-refractivity contribution >= 4 is 0 Å². The van der Waals surface area contributed by atoms with Gasteiger partial charge >= 0.3 is 0 Å². The highest BCUT2D eigenvalue weighted by molar-refractivity contribution is 4.82. The van der Waals surface area contributed by atoms with Gasteiger partial charge in [-0.1, -0.05) is 6.92 Å². The average Bonchev–Trinajstić information content (AvgIpc) is 3.33. The molecule has 5 aliphatic heterocycles. The van der Waals surface area contributed by atoms with Gasteiger partial charge in [-0.3, -0.25) is 49.0 Å². The molecule has 20 heteroatoms. The Hall–Kier alpha value is -0.800. The molecule has 2 unspecified atom stereocenters. The molecule has 0 amide bonds. The molecule has 408 valence electrons. The van der Waals surface area contributed by atoms with Gasteiger partial charge in [-0.05, 0) is 48.3 Å². The third-order valence-electron chi connectivity index (χ3n) is 13.3. The van der Waals surface area contributed by atoms with Crippen molar-refractivity contribution in [2.45, 2.75) is 51.7 Å². The Morgan fingerprint density at radius 3 is 0.853 bits per heavy atom. The summed E-state index contributed by atoms with van der Waals surface area (Å²) in [5.74, 6) is 0. The maximum atomic E-state index is 5.98. The summed E-state index contributed by atoms with van der Waals surface area (Å²) in [5.41, 5.74) is 39.6. The zero-order chi connectivity index (χ0) is 50.4. The highest BCUT2D eigenvalue weighted by atomic mass is 15.3. The maximum absolute atomic E-state index is 5.98. The van der Waals surface area contributed by atoms with Crippen LogP contribution in [0, 0.1) is 0 Å². The molecule has 0 bridgehead atoms. The van der Waals surface area contributed by atoms with Crippen LogP contribution in [0.3, 0.4) is 0 Å². The first-order chi connectivity index (χ1) is 32.7. The summed E-state index contributed by atoms with van der Waals surface area (Å²) < 4.78 is 0. The van der Waals surface area contributed by atoms with Gasteiger partial charge in [-0.25, -0.2) is 0 Å². The van der Waals surface area contributed by atoms with Crippen LogP contribution in [0.1, 0.15) is 34.1 Å². The normalized spacial score (nSPS) is 21.6. The van der Waals surface area contributed by atoms with Gasteiger partial charge < -0.3 is 56.1 Å². The van der Waals surface area contributed by atoms with Crippen LogP contribution >= 0.6 is 0 Å². The first-order valence-corrected chi connectivity index (χ1v) is 27.0. The van der Waals surface area contributed by atoms with Crippen molar-refractivity contribution in [2.24, 2.45) is 40.1 Å². The van der Waals surface area contributed by atoms with Gasteiger partial charge in [0.15, 0.2) is 0 Å². The minimum absolute atomic E-state index is 0.0734. The third-order valence-corrected chi connectivity index (χ3v) is 13.3. The number of nitrogens with two attached hydrogens (primary N) is 7. The number of nitrogens with one attached hydrogen (secondary N) is 3. The summed E-state index contributed by atoms with van der Waals surface area (Å²) in [6, 6.07) is 0.636. The Labute approximate surface area is 419 Å². The van der Waals surface area contributed by atoms with Crippen molar-refractivity contribution in [2.75, 3.05) is 263 Å². The highest BCUT2D eigenvalue weighted by Crippen LogP contribution is 2.07. The van der Waals surface area contributed by atoms with Crippen molar-refractivity contribution in [1.82, 2.24) is 64.9 Å². The number of hydrogen-bond donors (Lipinski definition) is 10. The van der Waals surface area contributed by atoms with Crippen LogP contribution in [0.4, 0.5) is 0 Å². The van der Waals surface area contributed by atoms with Crippen LogP contribution in [0.5, 0.6) is 0 Å². The summed E-state index contributed by atoms with van der Waals surface area (Å²) in [7, 11) is 6.04. The first kappa shape index (κ1) is 65.2. The lowest BCUT2D eigenvalue weighted by atomic mass is 10.1. The smallest absolute Gasteiger partial charge is 0.0226 e. The van der Waals surface area contributed by atoms with Gasteiger partial charge in [-0.15, -0.1) is 0 Å². The molecule has 2 atom stereocenters. The van der Waals surface area contributed by atoms with E-state index in [4.69, 9.17) is 40.1 Å². The minimum atomic E-state index is -0.0734. The van der Waals surface area contributed by atoms with Crippen molar-refractivity contribution < 1.29 is 0 Å². The molecular weight excluding hydrogens is 857 g/mol. The largest absolute Gasteiger partial charge is 0.329 e. The van der Waals surface area contributed by atoms with E-state index >= 15 is 0 Å². The van der Waals surface area contributed by atoms with Gasteiger partial charge in [0.25, 0.3) is 0 Å². The van der Waals surface area contributed by atoms with Crippen LogP contribution in [0.25, 0.3) is 0 Å². The zero-order valence-corrected chi connectivity index (χ0v) is 45.5. The van der Waals surface area contributed by atoms with E-state index in [0.29, 0.717) is 12.1 Å². The van der Waals surface area contributed by atoms with Crippen LogP contribution < -0.4 is 56.1 Å². The lowest BCUT2D eigenvalue weighted by Crippen LogP contribution is -2.53. The topological polar surface area (TPSA) is 251 Å². The Morgan fingerprint density at radius 2 is 0.632 bits per heavy atom. The lowest BCUT2D eigenvalue weighted by Gasteiger charge is -2.37. The predicted octanol–water partition coefficient (Wildman–Crippen LogP) is -4.67. The molecule has 20 nitrogen and oxygen atoms in total. The van der Waals surface area contributed by atoms with Gasteiger partial charge in [0.05, 0.1) is 0 Å². The molecule has 5 fully saturated rings. The zero-order valence-electron chi connectivity index (χ0n) is 45.5. The quantitative estimate of drug-likeness (QED) is 0.0437. The molecule has 5 rings (SSSR count). The third kappa shape index (κ3) is 34.5. The number of likely N-dealkylation sites (N-methyl/N-ethyl adjacent to an activating group) is 3. The molecule has 0 aromatic carbocycles. The summed E-state index contributed by atoms with van der Waals surface area (Å²) in [6.45, 7) is 48.9. The molecule has 5 aliphatic rings. The number of piperazine rings is 5. The second-order valence-electron chi connectivity index (χ2n) is 20.4. The predicted molar refractivity (Wildman–Crippen MR) is 293 cm³/mol. The van der Waals surface area contributed by atoms with E-state index in [0.717, 1.165) is 177 Å². The monoisotopic (exact) mass is 973 g/mol. The van der Waals surface area contributed by atoms with Crippen molar-refractivity contribution in [1.29, 1.82) is 0 Å². The fourth-order valence-corrected chi connectivity index (χ4v) is 9.02. The Morgan fingerprint density at radius 1 is 0.397 bits per heavy atom. The first-order valence-electron chi connectivity index (χ1n) is 27.0. The molecular formula is C48H116N20. The van der Waals surface area contributed by atoms with Gasteiger partial charge in [0.2, 0.25) is 0 Å². The standard InChI is InChI=1S/3C10H24N4.2C9H22N4/c1-11-3-5-13-7-9-14(10-8-13)6-4-12-2;1-10(2,12)9-14-7-5-13(4-3-11)6-8-14;1-2-10(12)9-14-7-5-13(4-3-11)6-8-14;1-11-3-5-13-8-6-12(4-2-10)7-9-13;1-9(11)8-13-6-4-12(3-2-10)5-7-13/h11-12H,3-10H2,1-2H3;3-9,11-12H2,1-2H3;10H,2-9,11-12H2,1H3;11H,2-10H2,1H3;9H,2-8,10-11H2,1H3. The second-order valence-corrected chi connectivity index (χ2v) is 20.4. The van der Waals surface area contributed by atoms with E-state index < -0.39 is 0 Å². The SMILES string of the molecule is CC(C)(N)CN1CCN(CCN)CC1.CC(N)CN1CCN(CCN)CC1.CCC(N)CN1CCN(CCN)CC1.CNCCN1CCN(CCN)CC1.CNCCN1CCN(CCNC)CC1. The molecule has 0 aromatic heterocycles. The van der Waals surface area contributed by atoms with Gasteiger partial charge in [0.1, 0.15) is 0 Å². The molecule has 68 heavy (non-hydrogen) atoms. The number of rotatable bonds is 24. The molecule has 0 aliphatic carbocycles. The summed E-state index contributed by atoms with van der Waals surface area (Å²) in [5, 5.41) is 9.57. The Balaban J connectivity index is 0.000000425. The molecule has 0 saturated carbocycles. The van der Waals surface area contributed by atoms with E-state index in [1.165, 1.54) is 72.0 Å². The van der Waals surface area contributed by atoms with Crippen molar-refractivity contribution in [3.63, 3.8) is 0 Å². The second kappa shape index (κ2) is 41.6. The van der Waals surface area contributed by atoms with Crippen LogP contribution in [-0.2, 0) is 0 Å². The van der Waals surface area contributed by atoms with E-state index in [2.05, 4.69) is 92.6 Å². The van der Waals surface area contributed by atoms with Crippen molar-refractivity contribution in [3.8, 4) is 0 Å². The molecule has 0 aromatic rings. The maximum Gasteiger partial charge on any atom is 0.0226 e. The van der Waals surface area contributed by atoms with Gasteiger partial charge in [-0.2, -0.15) is 0 Å². The summed E-state index contributed by atoms with van der Waals surface area (Å²) in [4.78, 5) is 24.6. The average molecular weight is 974 g/mol. The fraction of sp³-hybridized carbons (Fsp3) is 1.00. The van der Waals surface area contributed by atoms with Crippen molar-refractivity contribution in [3.05, 3.63) is 0 Å². The van der Waals surface area contributed by atoms with Gasteiger partial charge in [0, 0.05) is 260 Å². The summed E-state index contributed by atoms with van der Waals surface area (Å²) >= 11 is 0. The Kier molecular flexibility index (Phi) is 39.9. The van der Waals surface area contributed by atoms with E-state index in [-0.39, 0.29) is 5.54 Å². The van der Waals surface area contributed by atoms with E-state index in [9.17, 15) is 0 Å². The molecule has 0 radical (unpaired) electrons. The van der Waals surface area contributed by atoms with E-state index in [1.54, 1.807) is 0 Å². The van der Waals surface area contributed by atoms with Crippen LogP contribution in [-0.4, -0.2) is 330 Å².